The third-order valence-corrected chi connectivity index (χ3v) is 25.6. The van der Waals surface area contributed by atoms with Gasteiger partial charge in [-0.2, -0.15) is 0 Å². The average Bonchev–Trinajstić information content (AvgIpc) is 1.58. The fourth-order valence-corrected chi connectivity index (χ4v) is 17.8. The van der Waals surface area contributed by atoms with Crippen molar-refractivity contribution in [2.24, 2.45) is 0 Å². The van der Waals surface area contributed by atoms with E-state index < -0.39 is 5.89 Å². The van der Waals surface area contributed by atoms with Crippen LogP contribution in [0.25, 0.3) is 168 Å². The Labute approximate surface area is 817 Å². The van der Waals surface area contributed by atoms with E-state index in [4.69, 9.17) is 21.3 Å². The molecule has 0 radical (unpaired) electrons. The summed E-state index contributed by atoms with van der Waals surface area (Å²) in [4.78, 5) is 21.0. The van der Waals surface area contributed by atoms with Crippen molar-refractivity contribution in [2.45, 2.75) is 178 Å². The molecule has 8 nitrogen and oxygen atoms in total. The Kier molecular flexibility index (Phi) is 26.5. The van der Waals surface area contributed by atoms with E-state index in [1.54, 1.807) is 0 Å². The van der Waals surface area contributed by atoms with Crippen LogP contribution >= 0.6 is 0 Å². The van der Waals surface area contributed by atoms with E-state index in [-0.39, 0.29) is 80.7 Å². The number of hydrogen-bond donors (Lipinski definition) is 2. The van der Waals surface area contributed by atoms with Gasteiger partial charge in [-0.25, -0.2) is 9.97 Å². The second-order valence-electron chi connectivity index (χ2n) is 40.9. The zero-order chi connectivity index (χ0) is 93.4. The predicted octanol–water partition coefficient (Wildman–Crippen LogP) is 32.7. The molecular formula is C123H118N6O2Pt2-2. The topological polar surface area (TPSA) is 102 Å². The maximum absolute atomic E-state index is 11.9. The third kappa shape index (κ3) is 19.9. The van der Waals surface area contributed by atoms with Crippen molar-refractivity contribution in [1.82, 2.24) is 29.1 Å². The second-order valence-corrected chi connectivity index (χ2v) is 40.9. The average molecular weight is 2100 g/mol. The molecule has 0 aliphatic heterocycles. The van der Waals surface area contributed by atoms with Crippen molar-refractivity contribution in [1.29, 1.82) is 0 Å². The van der Waals surface area contributed by atoms with Crippen LogP contribution in [0.1, 0.15) is 181 Å². The smallest absolute Gasteiger partial charge is 0.148 e. The van der Waals surface area contributed by atoms with E-state index >= 15 is 0 Å². The molecule has 133 heavy (non-hydrogen) atoms. The standard InChI is InChI=1S/C62H60N3O.C61H58N3O.2Pt/c1-39-32-40(2)58(66)53(33-39)59-64-57-51(18-15-19-56(57)65(59)55-29-28-49(61(6,7)8)38-52(55)44-24-26-48(27-25-44)60(3,4)5)46-34-47(36-50(35-46)62(9,10)11)54-37-45(30-31-63-54)43-22-20-42(21-23-43)41-16-13-12-14-17-41;1-38(2)41-19-21-43(22-20-41)45-29-30-62-54(36-45)48-34-46(42-15-12-11-13-16-42)33-47(35-48)51-17-14-18-56-57(51)63-59(53-32-39(3)31-40(4)58(53)65)64(56)55-28-27-50(61(8,9)10)37-52(55)44-23-25-49(26-24-44)60(5,6)7;;/h12-33,35-38,66H,1-11H3;11-34,36-38,65H,1-10H3;;/q2*-1;;/i;38D;;. The van der Waals surface area contributed by atoms with Crippen LogP contribution in [0.15, 0.2) is 316 Å². The Morgan fingerprint density at radius 3 is 1.03 bits per heavy atom. The number of rotatable bonds is 15. The Balaban J connectivity index is 0.000000201. The quantitative estimate of drug-likeness (QED) is 0.0992. The van der Waals surface area contributed by atoms with Gasteiger partial charge in [0.2, 0.25) is 0 Å². The summed E-state index contributed by atoms with van der Waals surface area (Å²) >= 11 is 0. The van der Waals surface area contributed by atoms with Gasteiger partial charge in [0.1, 0.15) is 23.1 Å². The summed E-state index contributed by atoms with van der Waals surface area (Å²) in [6.07, 6.45) is 3.76. The molecule has 18 aromatic rings. The molecule has 4 heterocycles. The molecule has 0 saturated carbocycles. The van der Waals surface area contributed by atoms with Gasteiger partial charge in [0.05, 0.1) is 44.6 Å². The molecule has 18 rings (SSSR count). The molecule has 0 aliphatic rings. The Hall–Kier alpha value is -12.7. The minimum absolute atomic E-state index is 0. The van der Waals surface area contributed by atoms with E-state index in [0.29, 0.717) is 22.8 Å². The second kappa shape index (κ2) is 37.7. The molecule has 4 aromatic heterocycles. The zero-order valence-electron chi connectivity index (χ0n) is 81.2. The Morgan fingerprint density at radius 2 is 0.632 bits per heavy atom. The van der Waals surface area contributed by atoms with E-state index in [2.05, 4.69) is 394 Å². The molecule has 0 saturated heterocycles. The molecule has 0 atom stereocenters. The van der Waals surface area contributed by atoms with Crippen molar-refractivity contribution >= 4 is 22.1 Å². The Morgan fingerprint density at radius 1 is 0.293 bits per heavy atom. The number of hydrogen-bond acceptors (Lipinski definition) is 6. The minimum atomic E-state index is -0.679. The van der Waals surface area contributed by atoms with Gasteiger partial charge in [0.25, 0.3) is 0 Å². The van der Waals surface area contributed by atoms with Crippen molar-refractivity contribution in [3.8, 4) is 157 Å². The normalized spacial score (nSPS) is 12.1. The number of para-hydroxylation sites is 2. The number of aromatic hydroxyl groups is 2. The van der Waals surface area contributed by atoms with Crippen LogP contribution in [-0.2, 0) is 69.2 Å². The number of aryl methyl sites for hydroxylation is 4. The van der Waals surface area contributed by atoms with Crippen molar-refractivity contribution < 1.29 is 53.7 Å². The first kappa shape index (κ1) is 93.5. The molecular weight excluding hydrogens is 1980 g/mol. The number of nitrogens with zero attached hydrogens (tertiary/aromatic N) is 6. The fourth-order valence-electron chi connectivity index (χ4n) is 17.8. The fraction of sp³-hybridized carbons (Fsp3) is 0.220. The van der Waals surface area contributed by atoms with Gasteiger partial charge in [0.15, 0.2) is 0 Å². The van der Waals surface area contributed by atoms with Crippen molar-refractivity contribution in [3.63, 3.8) is 0 Å². The summed E-state index contributed by atoms with van der Waals surface area (Å²) in [5, 5.41) is 23.8. The number of phenols is 2. The number of phenolic OH excluding ortho intramolecular Hbond substituents is 2. The molecule has 0 unspecified atom stereocenters. The number of aromatic nitrogens is 6. The van der Waals surface area contributed by atoms with Crippen LogP contribution in [-0.4, -0.2) is 39.3 Å². The first-order valence-electron chi connectivity index (χ1n) is 46.2. The SMILES string of the molecule is Cc1cc(C)c(O)c(-c2nc3c(-c4[c-]c(-c5cc(-c6ccc(-c7ccccc7)cc6)ccn5)cc(C(C)(C)C)c4)cccc3n2-c2ccc(C(C)(C)C)cc2-c2ccc(C(C)(C)C)cc2)c1.[2H]C(C)(C)c1ccc(-c2ccnc(-c3[c-]c(-c4cccc5c4nc(-c4cc(C)cc(C)c4O)n5-c4ccc(C(C)(C)C)cc4-c4ccc(C(C)(C)C)cc4)cc(-c4ccccc4)c3)c2)cc1.[Pt].[Pt]. The summed E-state index contributed by atoms with van der Waals surface area (Å²) in [6, 6.07) is 115. The molecule has 0 bridgehead atoms. The first-order valence-corrected chi connectivity index (χ1v) is 45.7. The van der Waals surface area contributed by atoms with Gasteiger partial charge in [-0.15, -0.1) is 53.1 Å². The van der Waals surface area contributed by atoms with Gasteiger partial charge in [-0.1, -0.05) is 364 Å². The number of imidazole rings is 2. The minimum Gasteiger partial charge on any atom is -0.507 e. The van der Waals surface area contributed by atoms with Crippen LogP contribution in [0.4, 0.5) is 0 Å². The number of pyridine rings is 2. The molecule has 674 valence electrons. The van der Waals surface area contributed by atoms with Gasteiger partial charge < -0.3 is 10.2 Å². The molecule has 0 amide bonds. The molecule has 0 spiro atoms. The van der Waals surface area contributed by atoms with E-state index in [9.17, 15) is 10.2 Å². The summed E-state index contributed by atoms with van der Waals surface area (Å²) in [5.41, 5.74) is 37.7. The largest absolute Gasteiger partial charge is 0.507 e. The van der Waals surface area contributed by atoms with Crippen LogP contribution in [0.5, 0.6) is 11.5 Å². The van der Waals surface area contributed by atoms with E-state index in [0.717, 1.165) is 162 Å². The summed E-state index contributed by atoms with van der Waals surface area (Å²) in [6.45, 7) is 45.7. The van der Waals surface area contributed by atoms with E-state index in [1.165, 1.54) is 38.9 Å². The van der Waals surface area contributed by atoms with Gasteiger partial charge in [0, 0.05) is 78.4 Å². The predicted molar refractivity (Wildman–Crippen MR) is 551 cm³/mol. The zero-order valence-corrected chi connectivity index (χ0v) is 84.8. The van der Waals surface area contributed by atoms with Gasteiger partial charge in [-0.05, 0) is 221 Å². The molecule has 0 aliphatic carbocycles. The van der Waals surface area contributed by atoms with Crippen LogP contribution in [0.2, 0.25) is 0 Å². The molecule has 14 aromatic carbocycles. The maximum atomic E-state index is 11.9. The van der Waals surface area contributed by atoms with E-state index in [1.807, 2.05) is 88.6 Å². The summed E-state index contributed by atoms with van der Waals surface area (Å²) in [5.74, 6) is 1.10. The molecule has 10 heteroatoms. The number of benzene rings is 14. The van der Waals surface area contributed by atoms with Crippen LogP contribution < -0.4 is 0 Å². The summed E-state index contributed by atoms with van der Waals surface area (Å²) in [7, 11) is 0. The monoisotopic (exact) mass is 2100 g/mol. The summed E-state index contributed by atoms with van der Waals surface area (Å²) < 4.78 is 13.0. The number of fused-ring (bicyclic) bond motifs is 2. The van der Waals surface area contributed by atoms with Crippen LogP contribution in [0.3, 0.4) is 0 Å². The van der Waals surface area contributed by atoms with Gasteiger partial charge >= 0.3 is 0 Å². The van der Waals surface area contributed by atoms with Crippen molar-refractivity contribution in [3.05, 3.63) is 383 Å². The van der Waals surface area contributed by atoms with Crippen molar-refractivity contribution in [2.75, 3.05) is 0 Å². The first-order chi connectivity index (χ1) is 62.7. The molecule has 2 N–H and O–H groups in total. The third-order valence-electron chi connectivity index (χ3n) is 25.6. The van der Waals surface area contributed by atoms with Gasteiger partial charge in [-0.3, -0.25) is 19.1 Å². The molecule has 0 fully saturated rings. The Bertz CT molecular complexity index is 7390. The van der Waals surface area contributed by atoms with Crippen LogP contribution in [0, 0.1) is 39.8 Å². The maximum Gasteiger partial charge on any atom is 0.148 e.